The number of hydrogen-bond acceptors (Lipinski definition) is 4. The zero-order valence-electron chi connectivity index (χ0n) is 22.6. The van der Waals surface area contributed by atoms with Crippen LogP contribution < -0.4 is 10.6 Å². The Labute approximate surface area is 233 Å². The smallest absolute Gasteiger partial charge is 0.261 e. The Kier molecular flexibility index (Phi) is 6.84. The molecule has 2 amide bonds. The fraction of sp³-hybridized carbons (Fsp3) is 0.438. The van der Waals surface area contributed by atoms with Crippen LogP contribution in [0.2, 0.25) is 0 Å². The molecular formula is C32H36FN3O2S. The van der Waals surface area contributed by atoms with Crippen LogP contribution in [0.4, 0.5) is 4.39 Å². The number of carbonyl (C=O) groups is 2. The summed E-state index contributed by atoms with van der Waals surface area (Å²) in [6.07, 6.45) is 4.91. The first-order chi connectivity index (χ1) is 18.7. The van der Waals surface area contributed by atoms with Crippen molar-refractivity contribution in [1.82, 2.24) is 15.5 Å². The van der Waals surface area contributed by atoms with Gasteiger partial charge in [0, 0.05) is 29.0 Å². The fourth-order valence-electron chi connectivity index (χ4n) is 7.56. The van der Waals surface area contributed by atoms with Gasteiger partial charge in [-0.05, 0) is 91.8 Å². The van der Waals surface area contributed by atoms with Crippen molar-refractivity contribution in [3.63, 3.8) is 0 Å². The number of halogens is 1. The lowest BCUT2D eigenvalue weighted by Gasteiger charge is -2.55. The van der Waals surface area contributed by atoms with Gasteiger partial charge in [-0.15, -0.1) is 11.3 Å². The van der Waals surface area contributed by atoms with Gasteiger partial charge in [0.2, 0.25) is 5.91 Å². The largest absolute Gasteiger partial charge is 0.346 e. The molecule has 2 fully saturated rings. The van der Waals surface area contributed by atoms with E-state index in [0.29, 0.717) is 24.9 Å². The zero-order chi connectivity index (χ0) is 27.2. The summed E-state index contributed by atoms with van der Waals surface area (Å²) in [5.74, 6) is 0.823. The molecule has 2 aromatic carbocycles. The minimum atomic E-state index is -0.353. The third-order valence-corrected chi connectivity index (χ3v) is 9.92. The maximum absolute atomic E-state index is 13.7. The monoisotopic (exact) mass is 545 g/mol. The standard InChI is InChI=1S/C32H36FN3O2S/c1-21-12-22-15-31(2,35-30(38)28-11-10-27(39-28)23-6-4-3-5-7-23)20-32(14-21,16-22)34-17-29(37)36-18-24-8-9-26(33)13-25(24)19-36/h3-11,13,21-22,34H,12,14-20H2,1-2H3,(H,35,38). The van der Waals surface area contributed by atoms with Crippen molar-refractivity contribution in [1.29, 1.82) is 0 Å². The minimum Gasteiger partial charge on any atom is -0.346 e. The number of fused-ring (bicyclic) bond motifs is 3. The number of benzene rings is 2. The molecule has 5 nitrogen and oxygen atoms in total. The lowest BCUT2D eigenvalue weighted by atomic mass is 9.58. The number of thiophene rings is 1. The van der Waals surface area contributed by atoms with Crippen molar-refractivity contribution in [2.24, 2.45) is 11.8 Å². The molecule has 2 N–H and O–H groups in total. The predicted octanol–water partition coefficient (Wildman–Crippen LogP) is 6.14. The van der Waals surface area contributed by atoms with E-state index in [1.54, 1.807) is 6.07 Å². The molecule has 4 atom stereocenters. The first-order valence-electron chi connectivity index (χ1n) is 14.0. The van der Waals surface area contributed by atoms with Crippen LogP contribution in [0.3, 0.4) is 0 Å². The SMILES string of the molecule is CC1CC2CC(C)(NC(=O)c3ccc(-c4ccccc4)s3)CC(NCC(=O)N3Cc4ccc(F)cc4C3)(C1)C2. The number of carbonyl (C=O) groups excluding carboxylic acids is 2. The van der Waals surface area contributed by atoms with Crippen LogP contribution >= 0.6 is 11.3 Å². The Morgan fingerprint density at radius 1 is 1.03 bits per heavy atom. The molecule has 0 spiro atoms. The van der Waals surface area contributed by atoms with Crippen LogP contribution in [0.5, 0.6) is 0 Å². The van der Waals surface area contributed by atoms with Crippen molar-refractivity contribution in [2.45, 2.75) is 70.1 Å². The summed E-state index contributed by atoms with van der Waals surface area (Å²) in [6, 6.07) is 18.9. The lowest BCUT2D eigenvalue weighted by molar-refractivity contribution is -0.131. The van der Waals surface area contributed by atoms with E-state index in [1.165, 1.54) is 23.5 Å². The molecule has 2 bridgehead atoms. The van der Waals surface area contributed by atoms with Gasteiger partial charge in [0.1, 0.15) is 5.82 Å². The molecule has 2 saturated carbocycles. The number of nitrogens with zero attached hydrogens (tertiary/aromatic N) is 1. The Bertz CT molecular complexity index is 1390. The van der Waals surface area contributed by atoms with Crippen LogP contribution in [0, 0.1) is 17.7 Å². The van der Waals surface area contributed by atoms with Gasteiger partial charge in [-0.2, -0.15) is 0 Å². The second-order valence-corrected chi connectivity index (χ2v) is 13.4. The Balaban J connectivity index is 1.13. The van der Waals surface area contributed by atoms with Gasteiger partial charge in [-0.1, -0.05) is 43.3 Å². The molecule has 7 heteroatoms. The van der Waals surface area contributed by atoms with Crippen LogP contribution in [-0.4, -0.2) is 34.3 Å². The third kappa shape index (κ3) is 5.52. The Morgan fingerprint density at radius 3 is 2.64 bits per heavy atom. The minimum absolute atomic E-state index is 0.0222. The van der Waals surface area contributed by atoms with E-state index in [1.807, 2.05) is 35.2 Å². The summed E-state index contributed by atoms with van der Waals surface area (Å²) in [7, 11) is 0. The summed E-state index contributed by atoms with van der Waals surface area (Å²) in [5, 5.41) is 7.10. The Hall–Kier alpha value is -3.03. The topological polar surface area (TPSA) is 61.4 Å². The van der Waals surface area contributed by atoms with Crippen LogP contribution in [0.25, 0.3) is 10.4 Å². The van der Waals surface area contributed by atoms with Gasteiger partial charge in [0.25, 0.3) is 5.91 Å². The molecule has 0 saturated heterocycles. The summed E-state index contributed by atoms with van der Waals surface area (Å²) < 4.78 is 13.7. The molecule has 2 heterocycles. The molecule has 1 aromatic heterocycles. The predicted molar refractivity (Wildman–Crippen MR) is 153 cm³/mol. The molecule has 2 aliphatic carbocycles. The quantitative estimate of drug-likeness (QED) is 0.391. The molecule has 4 unspecified atom stereocenters. The summed E-state index contributed by atoms with van der Waals surface area (Å²) >= 11 is 1.52. The van der Waals surface area contributed by atoms with E-state index < -0.39 is 0 Å². The molecular weight excluding hydrogens is 509 g/mol. The molecule has 3 aromatic rings. The average Bonchev–Trinajstić information content (AvgIpc) is 3.54. The number of amides is 2. The Morgan fingerprint density at radius 2 is 1.82 bits per heavy atom. The van der Waals surface area contributed by atoms with E-state index in [0.717, 1.165) is 58.5 Å². The molecule has 0 radical (unpaired) electrons. The van der Waals surface area contributed by atoms with E-state index >= 15 is 0 Å². The molecule has 204 valence electrons. The second-order valence-electron chi connectivity index (χ2n) is 12.3. The maximum Gasteiger partial charge on any atom is 0.261 e. The van der Waals surface area contributed by atoms with Crippen molar-refractivity contribution in [3.8, 4) is 10.4 Å². The van der Waals surface area contributed by atoms with Crippen LogP contribution in [0.1, 0.15) is 66.8 Å². The molecule has 3 aliphatic rings. The number of hydrogen-bond donors (Lipinski definition) is 2. The van der Waals surface area contributed by atoms with Crippen LogP contribution in [0.15, 0.2) is 60.7 Å². The van der Waals surface area contributed by atoms with Crippen LogP contribution in [-0.2, 0) is 17.9 Å². The highest BCUT2D eigenvalue weighted by atomic mass is 32.1. The van der Waals surface area contributed by atoms with Crippen molar-refractivity contribution in [2.75, 3.05) is 6.54 Å². The summed E-state index contributed by atoms with van der Waals surface area (Å²) in [6.45, 7) is 5.71. The van der Waals surface area contributed by atoms with E-state index in [-0.39, 0.29) is 35.3 Å². The average molecular weight is 546 g/mol. The lowest BCUT2D eigenvalue weighted by Crippen LogP contribution is -2.64. The molecule has 1 aliphatic heterocycles. The number of nitrogens with one attached hydrogen (secondary N) is 2. The maximum atomic E-state index is 13.7. The third-order valence-electron chi connectivity index (χ3n) is 8.78. The summed E-state index contributed by atoms with van der Waals surface area (Å²) in [5.41, 5.74) is 2.49. The van der Waals surface area contributed by atoms with Crippen molar-refractivity contribution in [3.05, 3.63) is 82.5 Å². The van der Waals surface area contributed by atoms with Gasteiger partial charge in [0.15, 0.2) is 0 Å². The first-order valence-corrected chi connectivity index (χ1v) is 14.8. The number of rotatable bonds is 6. The van der Waals surface area contributed by atoms with Crippen molar-refractivity contribution >= 4 is 23.2 Å². The molecule has 6 rings (SSSR count). The highest BCUT2D eigenvalue weighted by Gasteiger charge is 2.50. The van der Waals surface area contributed by atoms with Crippen molar-refractivity contribution < 1.29 is 14.0 Å². The van der Waals surface area contributed by atoms with E-state index in [9.17, 15) is 14.0 Å². The normalized spacial score (nSPS) is 27.7. The highest BCUT2D eigenvalue weighted by molar-refractivity contribution is 7.17. The van der Waals surface area contributed by atoms with E-state index in [4.69, 9.17) is 0 Å². The van der Waals surface area contributed by atoms with Gasteiger partial charge in [-0.3, -0.25) is 9.59 Å². The van der Waals surface area contributed by atoms with Gasteiger partial charge >= 0.3 is 0 Å². The van der Waals surface area contributed by atoms with Gasteiger partial charge in [-0.25, -0.2) is 4.39 Å². The summed E-state index contributed by atoms with van der Waals surface area (Å²) in [4.78, 5) is 30.3. The van der Waals surface area contributed by atoms with Gasteiger partial charge in [0.05, 0.1) is 11.4 Å². The zero-order valence-corrected chi connectivity index (χ0v) is 23.5. The first kappa shape index (κ1) is 26.2. The fourth-order valence-corrected chi connectivity index (χ4v) is 8.47. The second kappa shape index (κ2) is 10.2. The van der Waals surface area contributed by atoms with Gasteiger partial charge < -0.3 is 15.5 Å². The van der Waals surface area contributed by atoms with E-state index in [2.05, 4.69) is 36.6 Å². The highest BCUT2D eigenvalue weighted by Crippen LogP contribution is 2.49. The molecule has 39 heavy (non-hydrogen) atoms.